The summed E-state index contributed by atoms with van der Waals surface area (Å²) in [6.07, 6.45) is 3.61. The van der Waals surface area contributed by atoms with Gasteiger partial charge in [0, 0.05) is 5.69 Å². The van der Waals surface area contributed by atoms with Gasteiger partial charge in [0.15, 0.2) is 0 Å². The van der Waals surface area contributed by atoms with E-state index in [4.69, 9.17) is 0 Å². The third-order valence-corrected chi connectivity index (χ3v) is 4.73. The van der Waals surface area contributed by atoms with Gasteiger partial charge in [-0.05, 0) is 48.1 Å². The minimum atomic E-state index is 0.0678. The Hall–Kier alpha value is -1.31. The Labute approximate surface area is 115 Å². The number of anilines is 1. The monoisotopic (exact) mass is 257 g/mol. The molecule has 1 aromatic rings. The predicted octanol–water partition coefficient (Wildman–Crippen LogP) is 4.18. The van der Waals surface area contributed by atoms with Crippen LogP contribution in [0.4, 0.5) is 5.69 Å². The summed E-state index contributed by atoms with van der Waals surface area (Å²) in [5.74, 6) is 1.48. The van der Waals surface area contributed by atoms with Crippen LogP contribution in [0.15, 0.2) is 24.3 Å². The van der Waals surface area contributed by atoms with Gasteiger partial charge in [-0.1, -0.05) is 39.0 Å². The van der Waals surface area contributed by atoms with Gasteiger partial charge in [0.05, 0.1) is 5.92 Å². The van der Waals surface area contributed by atoms with E-state index in [1.165, 1.54) is 18.4 Å². The fourth-order valence-electron chi connectivity index (χ4n) is 4.38. The number of para-hydroxylation sites is 1. The van der Waals surface area contributed by atoms with E-state index in [0.717, 1.165) is 12.1 Å². The molecule has 1 amide bonds. The summed E-state index contributed by atoms with van der Waals surface area (Å²) >= 11 is 0. The molecule has 1 aromatic carbocycles. The molecule has 3 unspecified atom stereocenters. The lowest BCUT2D eigenvalue weighted by atomic mass is 9.64. The molecule has 3 rings (SSSR count). The zero-order chi connectivity index (χ0) is 13.6. The molecular weight excluding hydrogens is 234 g/mol. The number of benzene rings is 1. The number of amides is 1. The highest BCUT2D eigenvalue weighted by molar-refractivity contribution is 6.03. The molecular formula is C17H23NO. The van der Waals surface area contributed by atoms with Gasteiger partial charge in [-0.15, -0.1) is 0 Å². The maximum Gasteiger partial charge on any atom is 0.232 e. The van der Waals surface area contributed by atoms with Crippen molar-refractivity contribution in [2.75, 3.05) is 5.32 Å². The largest absolute Gasteiger partial charge is 0.325 e. The summed E-state index contributed by atoms with van der Waals surface area (Å²) in [6.45, 7) is 7.01. The molecule has 102 valence electrons. The number of rotatable bonds is 1. The van der Waals surface area contributed by atoms with Crippen LogP contribution in [-0.4, -0.2) is 5.91 Å². The Kier molecular flexibility index (Phi) is 2.92. The number of hydrogen-bond acceptors (Lipinski definition) is 1. The van der Waals surface area contributed by atoms with E-state index < -0.39 is 0 Å². The summed E-state index contributed by atoms with van der Waals surface area (Å²) in [5, 5.41) is 3.05. The van der Waals surface area contributed by atoms with Gasteiger partial charge in [-0.3, -0.25) is 4.79 Å². The van der Waals surface area contributed by atoms with Crippen LogP contribution in [-0.2, 0) is 4.79 Å². The number of fused-ring (bicyclic) bond motifs is 1. The number of nitrogens with one attached hydrogen (secondary N) is 1. The number of hydrogen-bond donors (Lipinski definition) is 1. The fourth-order valence-corrected chi connectivity index (χ4v) is 4.38. The molecule has 1 fully saturated rings. The van der Waals surface area contributed by atoms with E-state index in [0.29, 0.717) is 17.3 Å². The average molecular weight is 257 g/mol. The highest BCUT2D eigenvalue weighted by atomic mass is 16.2. The maximum atomic E-state index is 12.3. The first-order valence-corrected chi connectivity index (χ1v) is 7.36. The SMILES string of the molecule is CC1CC(C2C(=O)Nc3ccccc32)CC(C)(C)C1. The summed E-state index contributed by atoms with van der Waals surface area (Å²) < 4.78 is 0. The molecule has 1 N–H and O–H groups in total. The first-order chi connectivity index (χ1) is 8.96. The molecule has 2 nitrogen and oxygen atoms in total. The molecule has 2 aliphatic rings. The first kappa shape index (κ1) is 12.7. The third-order valence-electron chi connectivity index (χ3n) is 4.73. The standard InChI is InChI=1S/C17H23NO/c1-11-8-12(10-17(2,3)9-11)15-13-6-4-5-7-14(13)18-16(15)19/h4-7,11-12,15H,8-10H2,1-3H3,(H,18,19). The van der Waals surface area contributed by atoms with E-state index in [1.807, 2.05) is 18.2 Å². The Bertz CT molecular complexity index is 506. The normalized spacial score (nSPS) is 32.8. The molecule has 1 aliphatic carbocycles. The van der Waals surface area contributed by atoms with Crippen LogP contribution < -0.4 is 5.32 Å². The molecule has 3 atom stereocenters. The number of carbonyl (C=O) groups excluding carboxylic acids is 1. The van der Waals surface area contributed by atoms with Gasteiger partial charge in [0.1, 0.15) is 0 Å². The zero-order valence-corrected chi connectivity index (χ0v) is 12.1. The quantitative estimate of drug-likeness (QED) is 0.803. The Morgan fingerprint density at radius 1 is 1.21 bits per heavy atom. The van der Waals surface area contributed by atoms with Crippen LogP contribution in [0.3, 0.4) is 0 Å². The summed E-state index contributed by atoms with van der Waals surface area (Å²) in [5.41, 5.74) is 2.59. The van der Waals surface area contributed by atoms with Crippen molar-refractivity contribution in [2.45, 2.75) is 46.0 Å². The second-order valence-electron chi connectivity index (χ2n) is 7.23. The second kappa shape index (κ2) is 4.36. The zero-order valence-electron chi connectivity index (χ0n) is 12.1. The Balaban J connectivity index is 1.92. The van der Waals surface area contributed by atoms with Crippen molar-refractivity contribution in [1.29, 1.82) is 0 Å². The molecule has 0 bridgehead atoms. The van der Waals surface area contributed by atoms with Crippen LogP contribution in [0.25, 0.3) is 0 Å². The van der Waals surface area contributed by atoms with Gasteiger partial charge in [-0.2, -0.15) is 0 Å². The summed E-state index contributed by atoms with van der Waals surface area (Å²) in [7, 11) is 0. The number of carbonyl (C=O) groups is 1. The molecule has 0 aromatic heterocycles. The average Bonchev–Trinajstić information content (AvgIpc) is 2.61. The van der Waals surface area contributed by atoms with E-state index in [1.54, 1.807) is 0 Å². The Morgan fingerprint density at radius 3 is 2.68 bits per heavy atom. The van der Waals surface area contributed by atoms with Gasteiger partial charge in [0.25, 0.3) is 0 Å². The third kappa shape index (κ3) is 2.29. The van der Waals surface area contributed by atoms with E-state index >= 15 is 0 Å². The summed E-state index contributed by atoms with van der Waals surface area (Å²) in [6, 6.07) is 8.17. The fraction of sp³-hybridized carbons (Fsp3) is 0.588. The lowest BCUT2D eigenvalue weighted by Crippen LogP contribution is -2.33. The van der Waals surface area contributed by atoms with Crippen molar-refractivity contribution >= 4 is 11.6 Å². The molecule has 0 saturated heterocycles. The van der Waals surface area contributed by atoms with Gasteiger partial charge in [0.2, 0.25) is 5.91 Å². The molecule has 0 spiro atoms. The van der Waals surface area contributed by atoms with E-state index in [-0.39, 0.29) is 11.8 Å². The minimum Gasteiger partial charge on any atom is -0.325 e. The van der Waals surface area contributed by atoms with Crippen LogP contribution in [0, 0.1) is 17.3 Å². The Morgan fingerprint density at radius 2 is 1.95 bits per heavy atom. The highest BCUT2D eigenvalue weighted by Gasteiger charge is 2.42. The van der Waals surface area contributed by atoms with Gasteiger partial charge < -0.3 is 5.32 Å². The van der Waals surface area contributed by atoms with Gasteiger partial charge >= 0.3 is 0 Å². The summed E-state index contributed by atoms with van der Waals surface area (Å²) in [4.78, 5) is 12.3. The van der Waals surface area contributed by atoms with Crippen molar-refractivity contribution in [3.63, 3.8) is 0 Å². The topological polar surface area (TPSA) is 29.1 Å². The van der Waals surface area contributed by atoms with Crippen LogP contribution in [0.2, 0.25) is 0 Å². The minimum absolute atomic E-state index is 0.0678. The second-order valence-corrected chi connectivity index (χ2v) is 7.23. The van der Waals surface area contributed by atoms with Crippen molar-refractivity contribution in [1.82, 2.24) is 0 Å². The predicted molar refractivity (Wildman–Crippen MR) is 78.1 cm³/mol. The van der Waals surface area contributed by atoms with Crippen molar-refractivity contribution in [3.05, 3.63) is 29.8 Å². The molecule has 1 heterocycles. The van der Waals surface area contributed by atoms with Crippen LogP contribution in [0.1, 0.15) is 51.5 Å². The molecule has 19 heavy (non-hydrogen) atoms. The lowest BCUT2D eigenvalue weighted by molar-refractivity contribution is -0.118. The molecule has 0 radical (unpaired) electrons. The van der Waals surface area contributed by atoms with Crippen molar-refractivity contribution < 1.29 is 4.79 Å². The molecule has 2 heteroatoms. The van der Waals surface area contributed by atoms with Crippen molar-refractivity contribution in [3.8, 4) is 0 Å². The lowest BCUT2D eigenvalue weighted by Gasteiger charge is -2.41. The van der Waals surface area contributed by atoms with E-state index in [9.17, 15) is 4.79 Å². The maximum absolute atomic E-state index is 12.3. The van der Waals surface area contributed by atoms with Crippen LogP contribution >= 0.6 is 0 Å². The molecule has 1 saturated carbocycles. The van der Waals surface area contributed by atoms with Gasteiger partial charge in [-0.25, -0.2) is 0 Å². The van der Waals surface area contributed by atoms with Crippen LogP contribution in [0.5, 0.6) is 0 Å². The smallest absolute Gasteiger partial charge is 0.232 e. The van der Waals surface area contributed by atoms with Crippen molar-refractivity contribution in [2.24, 2.45) is 17.3 Å². The van der Waals surface area contributed by atoms with E-state index in [2.05, 4.69) is 32.2 Å². The highest BCUT2D eigenvalue weighted by Crippen LogP contribution is 2.49. The first-order valence-electron chi connectivity index (χ1n) is 7.36. The molecule has 1 aliphatic heterocycles.